The fourth-order valence-electron chi connectivity index (χ4n) is 4.26. The smallest absolute Gasteiger partial charge is 0.336 e. The molecular weight excluding hydrogens is 362 g/mol. The van der Waals surface area contributed by atoms with Gasteiger partial charge in [0.2, 0.25) is 0 Å². The van der Waals surface area contributed by atoms with Gasteiger partial charge in [-0.1, -0.05) is 24.4 Å². The first-order valence-corrected chi connectivity index (χ1v) is 9.73. The van der Waals surface area contributed by atoms with Gasteiger partial charge in [-0.2, -0.15) is 5.01 Å². The van der Waals surface area contributed by atoms with Gasteiger partial charge in [-0.15, -0.1) is 0 Å². The Morgan fingerprint density at radius 3 is 2.75 bits per heavy atom. The lowest BCUT2D eigenvalue weighted by Crippen LogP contribution is -2.51. The molecule has 28 heavy (non-hydrogen) atoms. The van der Waals surface area contributed by atoms with Crippen molar-refractivity contribution >= 4 is 28.9 Å². The number of hydrogen-bond acceptors (Lipinski definition) is 6. The number of urea groups is 1. The van der Waals surface area contributed by atoms with E-state index in [1.165, 1.54) is 0 Å². The van der Waals surface area contributed by atoms with Gasteiger partial charge in [0.15, 0.2) is 0 Å². The Labute approximate surface area is 160 Å². The standard InChI is InChI=1S/C19H21N5O4/c1-10-14-12(9-13(11-5-6-11)20-16(14)28-23-10)15(25)22-24-17(26)19(21-18(24)27)7-3-2-4-8-19/h9,11H,2-8H2,1H3,(H,21,27)(H,22,25). The number of pyridine rings is 1. The first kappa shape index (κ1) is 17.2. The van der Waals surface area contributed by atoms with Crippen LogP contribution in [0.5, 0.6) is 0 Å². The zero-order chi connectivity index (χ0) is 19.5. The maximum Gasteiger partial charge on any atom is 0.344 e. The summed E-state index contributed by atoms with van der Waals surface area (Å²) in [5.41, 5.74) is 3.54. The summed E-state index contributed by atoms with van der Waals surface area (Å²) in [5.74, 6) is -0.624. The molecule has 0 radical (unpaired) electrons. The average Bonchev–Trinajstić information content (AvgIpc) is 3.44. The van der Waals surface area contributed by atoms with E-state index in [4.69, 9.17) is 4.52 Å². The van der Waals surface area contributed by atoms with Crippen LogP contribution in [-0.4, -0.2) is 38.5 Å². The van der Waals surface area contributed by atoms with Crippen molar-refractivity contribution in [3.63, 3.8) is 0 Å². The molecule has 9 heteroatoms. The number of rotatable bonds is 3. The van der Waals surface area contributed by atoms with E-state index < -0.39 is 17.5 Å². The number of aryl methyl sites for hydroxylation is 1. The molecule has 3 fully saturated rings. The van der Waals surface area contributed by atoms with Crippen LogP contribution in [0.4, 0.5) is 4.79 Å². The number of amides is 4. The molecule has 3 heterocycles. The monoisotopic (exact) mass is 383 g/mol. The molecule has 3 aliphatic rings. The van der Waals surface area contributed by atoms with Gasteiger partial charge in [0.05, 0.1) is 16.6 Å². The zero-order valence-electron chi connectivity index (χ0n) is 15.6. The first-order chi connectivity index (χ1) is 13.5. The second-order valence-electron chi connectivity index (χ2n) is 7.97. The molecule has 9 nitrogen and oxygen atoms in total. The number of hydrogen-bond donors (Lipinski definition) is 2. The summed E-state index contributed by atoms with van der Waals surface area (Å²) < 4.78 is 5.26. The molecule has 146 valence electrons. The van der Waals surface area contributed by atoms with Crippen LogP contribution in [0.15, 0.2) is 10.6 Å². The third kappa shape index (κ3) is 2.56. The average molecular weight is 383 g/mol. The third-order valence-electron chi connectivity index (χ3n) is 5.96. The second kappa shape index (κ2) is 6.02. The molecule has 0 bridgehead atoms. The van der Waals surface area contributed by atoms with Gasteiger partial charge >= 0.3 is 6.03 Å². The Bertz CT molecular complexity index is 1000. The highest BCUT2D eigenvalue weighted by Crippen LogP contribution is 2.40. The van der Waals surface area contributed by atoms with E-state index in [9.17, 15) is 14.4 Å². The summed E-state index contributed by atoms with van der Waals surface area (Å²) in [7, 11) is 0. The van der Waals surface area contributed by atoms with E-state index in [-0.39, 0.29) is 5.91 Å². The van der Waals surface area contributed by atoms with Gasteiger partial charge in [0, 0.05) is 11.6 Å². The molecule has 2 aromatic rings. The van der Waals surface area contributed by atoms with Gasteiger partial charge in [-0.05, 0) is 38.7 Å². The predicted octanol–water partition coefficient (Wildman–Crippen LogP) is 2.31. The molecule has 0 aromatic carbocycles. The second-order valence-corrected chi connectivity index (χ2v) is 7.97. The maximum absolute atomic E-state index is 13.0. The van der Waals surface area contributed by atoms with E-state index in [0.717, 1.165) is 42.8 Å². The molecule has 5 rings (SSSR count). The van der Waals surface area contributed by atoms with E-state index in [1.807, 2.05) is 0 Å². The van der Waals surface area contributed by atoms with Crippen molar-refractivity contribution in [2.24, 2.45) is 0 Å². The van der Waals surface area contributed by atoms with Crippen LogP contribution in [0.1, 0.15) is 72.6 Å². The molecular formula is C19H21N5O4. The van der Waals surface area contributed by atoms with Crippen molar-refractivity contribution < 1.29 is 18.9 Å². The van der Waals surface area contributed by atoms with Gasteiger partial charge < -0.3 is 9.84 Å². The molecule has 1 spiro atoms. The fraction of sp³-hybridized carbons (Fsp3) is 0.526. The molecule has 0 atom stereocenters. The number of carbonyl (C=O) groups is 3. The van der Waals surface area contributed by atoms with Crippen molar-refractivity contribution in [3.05, 3.63) is 23.0 Å². The van der Waals surface area contributed by atoms with Crippen molar-refractivity contribution in [3.8, 4) is 0 Å². The summed E-state index contributed by atoms with van der Waals surface area (Å²) in [6.07, 6.45) is 6.03. The van der Waals surface area contributed by atoms with Gasteiger partial charge in [0.25, 0.3) is 17.5 Å². The molecule has 2 aromatic heterocycles. The SMILES string of the molecule is Cc1noc2nc(C3CC3)cc(C(=O)NN3C(=O)NC4(CCCCC4)C3=O)c12. The number of nitrogens with one attached hydrogen (secondary N) is 2. The van der Waals surface area contributed by atoms with Crippen LogP contribution in [-0.2, 0) is 4.79 Å². The largest absolute Gasteiger partial charge is 0.344 e. The van der Waals surface area contributed by atoms with E-state index in [2.05, 4.69) is 20.9 Å². The number of hydrazine groups is 1. The molecule has 2 N–H and O–H groups in total. The third-order valence-corrected chi connectivity index (χ3v) is 5.96. The maximum atomic E-state index is 13.0. The molecule has 2 saturated carbocycles. The Hall–Kier alpha value is -2.97. The van der Waals surface area contributed by atoms with Crippen LogP contribution in [0, 0.1) is 6.92 Å². The highest BCUT2D eigenvalue weighted by atomic mass is 16.5. The van der Waals surface area contributed by atoms with Gasteiger partial charge in [0.1, 0.15) is 5.54 Å². The van der Waals surface area contributed by atoms with Crippen molar-refractivity contribution in [1.29, 1.82) is 0 Å². The lowest BCUT2D eigenvalue weighted by molar-refractivity contribution is -0.134. The highest BCUT2D eigenvalue weighted by Gasteiger charge is 2.52. The Morgan fingerprint density at radius 1 is 1.29 bits per heavy atom. The lowest BCUT2D eigenvalue weighted by Gasteiger charge is -2.30. The summed E-state index contributed by atoms with van der Waals surface area (Å²) in [6.45, 7) is 1.73. The highest BCUT2D eigenvalue weighted by molar-refractivity contribution is 6.11. The predicted molar refractivity (Wildman–Crippen MR) is 97.2 cm³/mol. The van der Waals surface area contributed by atoms with E-state index in [1.54, 1.807) is 13.0 Å². The summed E-state index contributed by atoms with van der Waals surface area (Å²) in [5, 5.41) is 8.02. The number of aromatic nitrogens is 2. The number of carbonyl (C=O) groups excluding carboxylic acids is 3. The summed E-state index contributed by atoms with van der Waals surface area (Å²) >= 11 is 0. The minimum Gasteiger partial charge on any atom is -0.336 e. The van der Waals surface area contributed by atoms with Crippen LogP contribution >= 0.6 is 0 Å². The van der Waals surface area contributed by atoms with E-state index in [0.29, 0.717) is 41.1 Å². The minimum absolute atomic E-state index is 0.299. The minimum atomic E-state index is -0.886. The number of fused-ring (bicyclic) bond motifs is 1. The lowest BCUT2D eigenvalue weighted by atomic mass is 9.82. The van der Waals surface area contributed by atoms with Crippen LogP contribution in [0.3, 0.4) is 0 Å². The van der Waals surface area contributed by atoms with Crippen molar-refractivity contribution in [2.45, 2.75) is 63.3 Å². The van der Waals surface area contributed by atoms with Crippen LogP contribution < -0.4 is 10.7 Å². The molecule has 0 unspecified atom stereocenters. The van der Waals surface area contributed by atoms with Crippen LogP contribution in [0.2, 0.25) is 0 Å². The Kier molecular flexibility index (Phi) is 3.68. The van der Waals surface area contributed by atoms with Gasteiger partial charge in [-0.3, -0.25) is 15.0 Å². The fourth-order valence-corrected chi connectivity index (χ4v) is 4.26. The summed E-state index contributed by atoms with van der Waals surface area (Å²) in [6, 6.07) is 1.13. The Balaban J connectivity index is 1.46. The molecule has 2 aliphatic carbocycles. The van der Waals surface area contributed by atoms with Crippen molar-refractivity contribution in [2.75, 3.05) is 0 Å². The first-order valence-electron chi connectivity index (χ1n) is 9.73. The molecule has 4 amide bonds. The van der Waals surface area contributed by atoms with E-state index >= 15 is 0 Å². The molecule has 1 aliphatic heterocycles. The molecule has 1 saturated heterocycles. The quantitative estimate of drug-likeness (QED) is 0.786. The van der Waals surface area contributed by atoms with Crippen molar-refractivity contribution in [1.82, 2.24) is 25.9 Å². The summed E-state index contributed by atoms with van der Waals surface area (Å²) in [4.78, 5) is 42.8. The number of imide groups is 1. The van der Waals surface area contributed by atoms with Gasteiger partial charge in [-0.25, -0.2) is 9.78 Å². The number of nitrogens with zero attached hydrogens (tertiary/aromatic N) is 3. The Morgan fingerprint density at radius 2 is 2.04 bits per heavy atom. The normalized spacial score (nSPS) is 21.4. The zero-order valence-corrected chi connectivity index (χ0v) is 15.6. The topological polar surface area (TPSA) is 117 Å². The van der Waals surface area contributed by atoms with Crippen LogP contribution in [0.25, 0.3) is 11.1 Å².